The van der Waals surface area contributed by atoms with Crippen LogP contribution in [0.5, 0.6) is 5.75 Å². The van der Waals surface area contributed by atoms with E-state index in [1.807, 2.05) is 89.8 Å². The molecule has 1 aliphatic rings. The molecule has 1 aromatic heterocycles. The van der Waals surface area contributed by atoms with Gasteiger partial charge in [0.1, 0.15) is 12.4 Å². The maximum absolute atomic E-state index is 13.4. The highest BCUT2D eigenvalue weighted by atomic mass is 35.5. The molecule has 0 unspecified atom stereocenters. The lowest BCUT2D eigenvalue weighted by molar-refractivity contribution is -0.128. The fraction of sp³-hybridized carbons (Fsp3) is 0.172. The van der Waals surface area contributed by atoms with E-state index >= 15 is 0 Å². The lowest BCUT2D eigenvalue weighted by Gasteiger charge is -2.28. The van der Waals surface area contributed by atoms with Gasteiger partial charge in [0.2, 0.25) is 0 Å². The Hall–Kier alpha value is -3.67. The predicted molar refractivity (Wildman–Crippen MR) is 139 cm³/mol. The van der Waals surface area contributed by atoms with Crippen molar-refractivity contribution in [2.24, 2.45) is 0 Å². The second-order valence-corrected chi connectivity index (χ2v) is 8.76. The van der Waals surface area contributed by atoms with Gasteiger partial charge in [0.25, 0.3) is 5.91 Å². The molecule has 0 N–H and O–H groups in total. The molecule has 0 aliphatic carbocycles. The Morgan fingerprint density at radius 2 is 1.69 bits per heavy atom. The zero-order valence-corrected chi connectivity index (χ0v) is 19.9. The first-order valence-corrected chi connectivity index (χ1v) is 12.0. The molecule has 0 atom stereocenters. The van der Waals surface area contributed by atoms with Gasteiger partial charge in [0.15, 0.2) is 0 Å². The molecule has 0 radical (unpaired) electrons. The Morgan fingerprint density at radius 1 is 0.943 bits per heavy atom. The summed E-state index contributed by atoms with van der Waals surface area (Å²) in [6.45, 7) is 2.63. The lowest BCUT2D eigenvalue weighted by Crippen LogP contribution is -2.41. The van der Waals surface area contributed by atoms with Gasteiger partial charge >= 0.3 is 0 Å². The van der Waals surface area contributed by atoms with Crippen molar-refractivity contribution in [1.82, 2.24) is 9.88 Å². The second-order valence-electron chi connectivity index (χ2n) is 8.32. The Bertz CT molecular complexity index is 1340. The molecule has 1 fully saturated rings. The summed E-state index contributed by atoms with van der Waals surface area (Å²) in [6, 6.07) is 27.1. The van der Waals surface area contributed by atoms with Crippen LogP contribution in [0.3, 0.4) is 0 Å². The number of carbonyl (C=O) groups excluding carboxylic acids is 1. The molecule has 5 nitrogen and oxygen atoms in total. The zero-order chi connectivity index (χ0) is 24.0. The van der Waals surface area contributed by atoms with E-state index in [1.54, 1.807) is 0 Å². The van der Waals surface area contributed by atoms with Crippen LogP contribution < -0.4 is 4.74 Å². The molecular weight excluding hydrogens is 460 g/mol. The number of carbonyl (C=O) groups is 1. The lowest BCUT2D eigenvalue weighted by atomic mass is 10.0. The summed E-state index contributed by atoms with van der Waals surface area (Å²) in [5.41, 5.74) is 4.17. The van der Waals surface area contributed by atoms with Crippen molar-refractivity contribution in [3.05, 3.63) is 107 Å². The summed E-state index contributed by atoms with van der Waals surface area (Å²) in [7, 11) is 0. The molecule has 1 aliphatic heterocycles. The first-order chi connectivity index (χ1) is 17.2. The SMILES string of the molecule is O=C(C(=Cc1ccc(Cl)cc1)c1ccc(OCc2ccc3ccccc3n2)cc1)N1CCOCC1. The number of hydrogen-bond donors (Lipinski definition) is 0. The zero-order valence-electron chi connectivity index (χ0n) is 19.2. The van der Waals surface area contributed by atoms with Crippen LogP contribution in [0.15, 0.2) is 84.9 Å². The molecule has 0 spiro atoms. The van der Waals surface area contributed by atoms with Gasteiger partial charge in [0, 0.05) is 29.1 Å². The van der Waals surface area contributed by atoms with Crippen molar-refractivity contribution in [3.8, 4) is 5.75 Å². The van der Waals surface area contributed by atoms with Crippen molar-refractivity contribution in [2.75, 3.05) is 26.3 Å². The third kappa shape index (κ3) is 5.70. The molecular formula is C29H25ClN2O3. The maximum atomic E-state index is 13.4. The third-order valence-corrected chi connectivity index (χ3v) is 6.17. The summed E-state index contributed by atoms with van der Waals surface area (Å²) in [5.74, 6) is 0.700. The molecule has 0 saturated carbocycles. The van der Waals surface area contributed by atoms with Gasteiger partial charge < -0.3 is 14.4 Å². The summed E-state index contributed by atoms with van der Waals surface area (Å²) in [6.07, 6.45) is 1.91. The van der Waals surface area contributed by atoms with Gasteiger partial charge in [-0.3, -0.25) is 4.79 Å². The van der Waals surface area contributed by atoms with Crippen LogP contribution in [0.4, 0.5) is 0 Å². The number of benzene rings is 3. The molecule has 176 valence electrons. The first-order valence-electron chi connectivity index (χ1n) is 11.6. The Kier molecular flexibility index (Phi) is 7.07. The van der Waals surface area contributed by atoms with E-state index in [4.69, 9.17) is 21.1 Å². The minimum absolute atomic E-state index is 0.0164. The Labute approximate surface area is 209 Å². The average molecular weight is 485 g/mol. The number of fused-ring (bicyclic) bond motifs is 1. The fourth-order valence-corrected chi connectivity index (χ4v) is 4.13. The van der Waals surface area contributed by atoms with Gasteiger partial charge in [-0.15, -0.1) is 0 Å². The second kappa shape index (κ2) is 10.7. The van der Waals surface area contributed by atoms with Gasteiger partial charge in [-0.2, -0.15) is 0 Å². The fourth-order valence-electron chi connectivity index (χ4n) is 4.01. The normalized spacial score (nSPS) is 14.2. The van der Waals surface area contributed by atoms with E-state index < -0.39 is 0 Å². The first kappa shape index (κ1) is 23.1. The number of pyridine rings is 1. The third-order valence-electron chi connectivity index (χ3n) is 5.92. The van der Waals surface area contributed by atoms with Crippen molar-refractivity contribution in [2.45, 2.75) is 6.61 Å². The average Bonchev–Trinajstić information content (AvgIpc) is 2.92. The standard InChI is InChI=1S/C29H25ClN2O3/c30-24-10-5-21(6-11-24)19-27(29(33)32-15-17-34-18-16-32)22-8-13-26(14-9-22)35-20-25-12-7-23-3-1-2-4-28(23)31-25/h1-14,19H,15-18,20H2. The number of rotatable bonds is 6. The van der Waals surface area contributed by atoms with Gasteiger partial charge in [-0.1, -0.05) is 60.1 Å². The number of hydrogen-bond acceptors (Lipinski definition) is 4. The molecule has 4 aromatic rings. The Morgan fingerprint density at radius 3 is 2.46 bits per heavy atom. The molecule has 35 heavy (non-hydrogen) atoms. The molecule has 2 heterocycles. The van der Waals surface area contributed by atoms with Crippen LogP contribution >= 0.6 is 11.6 Å². The van der Waals surface area contributed by atoms with Crippen LogP contribution in [-0.4, -0.2) is 42.1 Å². The maximum Gasteiger partial charge on any atom is 0.254 e. The highest BCUT2D eigenvalue weighted by Crippen LogP contribution is 2.25. The van der Waals surface area contributed by atoms with E-state index in [-0.39, 0.29) is 5.91 Å². The topological polar surface area (TPSA) is 51.7 Å². The van der Waals surface area contributed by atoms with E-state index in [0.29, 0.717) is 49.3 Å². The summed E-state index contributed by atoms with van der Waals surface area (Å²) in [5, 5.41) is 1.76. The summed E-state index contributed by atoms with van der Waals surface area (Å²) < 4.78 is 11.4. The highest BCUT2D eigenvalue weighted by Gasteiger charge is 2.22. The number of morpholine rings is 1. The largest absolute Gasteiger partial charge is 0.487 e. The van der Waals surface area contributed by atoms with E-state index in [1.165, 1.54) is 0 Å². The smallest absolute Gasteiger partial charge is 0.254 e. The van der Waals surface area contributed by atoms with E-state index in [0.717, 1.165) is 27.7 Å². The van der Waals surface area contributed by atoms with E-state index in [9.17, 15) is 4.79 Å². The van der Waals surface area contributed by atoms with Crippen LogP contribution in [0.25, 0.3) is 22.6 Å². The number of ether oxygens (including phenoxy) is 2. The molecule has 5 rings (SSSR count). The van der Waals surface area contributed by atoms with Crippen LogP contribution in [0, 0.1) is 0 Å². The molecule has 0 bridgehead atoms. The molecule has 6 heteroatoms. The van der Waals surface area contributed by atoms with Crippen molar-refractivity contribution < 1.29 is 14.3 Å². The molecule has 1 amide bonds. The van der Waals surface area contributed by atoms with Crippen LogP contribution in [-0.2, 0) is 16.1 Å². The molecule has 3 aromatic carbocycles. The van der Waals surface area contributed by atoms with Crippen molar-refractivity contribution >= 4 is 40.1 Å². The van der Waals surface area contributed by atoms with Gasteiger partial charge in [-0.05, 0) is 53.6 Å². The summed E-state index contributed by atoms with van der Waals surface area (Å²) in [4.78, 5) is 19.9. The van der Waals surface area contributed by atoms with Crippen LogP contribution in [0.1, 0.15) is 16.8 Å². The Balaban J connectivity index is 1.35. The number of para-hydroxylation sites is 1. The molecule has 1 saturated heterocycles. The number of halogens is 1. The minimum atomic E-state index is -0.0164. The highest BCUT2D eigenvalue weighted by molar-refractivity contribution is 6.30. The predicted octanol–water partition coefficient (Wildman–Crippen LogP) is 5.87. The van der Waals surface area contributed by atoms with Crippen molar-refractivity contribution in [3.63, 3.8) is 0 Å². The minimum Gasteiger partial charge on any atom is -0.487 e. The quantitative estimate of drug-likeness (QED) is 0.254. The van der Waals surface area contributed by atoms with Gasteiger partial charge in [0.05, 0.1) is 24.4 Å². The number of aromatic nitrogens is 1. The monoisotopic (exact) mass is 484 g/mol. The van der Waals surface area contributed by atoms with E-state index in [2.05, 4.69) is 11.1 Å². The van der Waals surface area contributed by atoms with Crippen molar-refractivity contribution in [1.29, 1.82) is 0 Å². The number of nitrogens with zero attached hydrogens (tertiary/aromatic N) is 2. The number of amides is 1. The summed E-state index contributed by atoms with van der Waals surface area (Å²) >= 11 is 6.04. The van der Waals surface area contributed by atoms with Gasteiger partial charge in [-0.25, -0.2) is 4.98 Å². The van der Waals surface area contributed by atoms with Crippen LogP contribution in [0.2, 0.25) is 5.02 Å².